The Balaban J connectivity index is 1.78. The van der Waals surface area contributed by atoms with Gasteiger partial charge in [0.2, 0.25) is 5.91 Å². The molecule has 0 spiro atoms. The lowest BCUT2D eigenvalue weighted by Gasteiger charge is -2.36. The predicted molar refractivity (Wildman–Crippen MR) is 130 cm³/mol. The highest BCUT2D eigenvalue weighted by Gasteiger charge is 2.35. The van der Waals surface area contributed by atoms with E-state index in [0.29, 0.717) is 43.5 Å². The minimum atomic E-state index is -0.808. The van der Waals surface area contributed by atoms with Crippen molar-refractivity contribution < 1.29 is 19.5 Å². The van der Waals surface area contributed by atoms with Crippen molar-refractivity contribution in [2.45, 2.75) is 44.6 Å². The Labute approximate surface area is 199 Å². The molecule has 1 aliphatic heterocycles. The Hall–Kier alpha value is -3.68. The second-order valence-corrected chi connectivity index (χ2v) is 8.73. The normalized spacial score (nSPS) is 15.9. The molecule has 1 unspecified atom stereocenters. The van der Waals surface area contributed by atoms with Crippen LogP contribution in [0.4, 0.5) is 0 Å². The highest BCUT2D eigenvalue weighted by molar-refractivity contribution is 5.98. The van der Waals surface area contributed by atoms with Crippen LogP contribution in [-0.4, -0.2) is 52.8 Å². The minimum absolute atomic E-state index is 0.0564. The van der Waals surface area contributed by atoms with E-state index < -0.39 is 17.9 Å². The first-order valence-electron chi connectivity index (χ1n) is 11.6. The van der Waals surface area contributed by atoms with Gasteiger partial charge in [-0.3, -0.25) is 19.8 Å². The van der Waals surface area contributed by atoms with E-state index in [9.17, 15) is 14.4 Å². The summed E-state index contributed by atoms with van der Waals surface area (Å²) in [5.74, 6) is -1.70. The van der Waals surface area contributed by atoms with Gasteiger partial charge in [-0.15, -0.1) is 0 Å². The molecule has 1 saturated heterocycles. The molecule has 8 nitrogen and oxygen atoms in total. The Morgan fingerprint density at radius 1 is 1.06 bits per heavy atom. The molecule has 0 radical (unpaired) electrons. The molecule has 0 aliphatic carbocycles. The molecule has 2 amide bonds. The molecule has 180 valence electrons. The molecule has 2 atom stereocenters. The monoisotopic (exact) mass is 464 g/mol. The van der Waals surface area contributed by atoms with Crippen LogP contribution in [0, 0.1) is 11.3 Å². The van der Waals surface area contributed by atoms with Crippen molar-refractivity contribution in [1.29, 1.82) is 5.41 Å². The van der Waals surface area contributed by atoms with Crippen LogP contribution >= 0.6 is 0 Å². The number of carboxylic acids is 1. The number of nitrogens with one attached hydrogen (secondary N) is 2. The third-order valence-corrected chi connectivity index (χ3v) is 6.43. The molecule has 5 N–H and O–H groups in total. The Morgan fingerprint density at radius 3 is 2.18 bits per heavy atom. The lowest BCUT2D eigenvalue weighted by Crippen LogP contribution is -2.48. The lowest BCUT2D eigenvalue weighted by molar-refractivity contribution is -0.139. The number of nitrogens with zero attached hydrogens (tertiary/aromatic N) is 1. The van der Waals surface area contributed by atoms with Gasteiger partial charge in [-0.1, -0.05) is 49.4 Å². The Morgan fingerprint density at radius 2 is 1.65 bits per heavy atom. The molecule has 1 aliphatic rings. The third kappa shape index (κ3) is 6.21. The molecule has 0 bridgehead atoms. The third-order valence-electron chi connectivity index (χ3n) is 6.43. The van der Waals surface area contributed by atoms with E-state index in [1.807, 2.05) is 37.3 Å². The topological polar surface area (TPSA) is 137 Å². The zero-order valence-electron chi connectivity index (χ0n) is 19.4. The van der Waals surface area contributed by atoms with Crippen LogP contribution < -0.4 is 11.1 Å². The van der Waals surface area contributed by atoms with Crippen molar-refractivity contribution in [3.05, 3.63) is 71.3 Å². The molecule has 8 heteroatoms. The van der Waals surface area contributed by atoms with Crippen molar-refractivity contribution in [1.82, 2.24) is 10.2 Å². The number of aliphatic carboxylic acids is 1. The number of piperidine rings is 1. The first-order valence-corrected chi connectivity index (χ1v) is 11.6. The first-order chi connectivity index (χ1) is 16.3. The number of carbonyl (C=O) groups is 3. The van der Waals surface area contributed by atoms with Gasteiger partial charge in [-0.25, -0.2) is 0 Å². The number of carbonyl (C=O) groups excluding carboxylic acids is 2. The van der Waals surface area contributed by atoms with Gasteiger partial charge in [0.15, 0.2) is 0 Å². The van der Waals surface area contributed by atoms with E-state index in [1.165, 1.54) is 0 Å². The number of nitrogen functional groups attached to an aromatic ring is 1. The Bertz CT molecular complexity index is 1010. The van der Waals surface area contributed by atoms with Gasteiger partial charge in [0.1, 0.15) is 5.84 Å². The van der Waals surface area contributed by atoms with Gasteiger partial charge in [0.25, 0.3) is 5.91 Å². The standard InChI is InChI=1S/C26H32N4O4/c1-2-21(29-25(33)20-10-8-19(9-11-20)24(27)28)23(18-6-4-3-5-7-18)26(34)30-14-12-17(13-15-30)16-22(31)32/h3-11,17,21,23H,2,12-16H2,1H3,(H3,27,28)(H,29,33)(H,31,32)/t21-,23?/m1/s1. The maximum Gasteiger partial charge on any atom is 0.303 e. The largest absolute Gasteiger partial charge is 0.481 e. The summed E-state index contributed by atoms with van der Waals surface area (Å²) in [5, 5.41) is 19.6. The number of rotatable bonds is 9. The van der Waals surface area contributed by atoms with E-state index in [1.54, 1.807) is 29.2 Å². The van der Waals surface area contributed by atoms with Gasteiger partial charge in [-0.05, 0) is 42.9 Å². The summed E-state index contributed by atoms with van der Waals surface area (Å²) in [6.45, 7) is 2.96. The number of amidine groups is 1. The predicted octanol–water partition coefficient (Wildman–Crippen LogP) is 2.98. The average Bonchev–Trinajstić information content (AvgIpc) is 2.84. The summed E-state index contributed by atoms with van der Waals surface area (Å²) in [4.78, 5) is 39.5. The lowest BCUT2D eigenvalue weighted by atomic mass is 9.86. The smallest absolute Gasteiger partial charge is 0.303 e. The highest BCUT2D eigenvalue weighted by atomic mass is 16.4. The molecular weight excluding hydrogens is 432 g/mol. The number of carboxylic acid groups (broad SMARTS) is 1. The summed E-state index contributed by atoms with van der Waals surface area (Å²) in [5.41, 5.74) is 7.29. The fourth-order valence-electron chi connectivity index (χ4n) is 4.48. The summed E-state index contributed by atoms with van der Waals surface area (Å²) in [7, 11) is 0. The fourth-order valence-corrected chi connectivity index (χ4v) is 4.48. The van der Waals surface area contributed by atoms with Gasteiger partial charge in [-0.2, -0.15) is 0 Å². The maximum absolute atomic E-state index is 13.7. The second-order valence-electron chi connectivity index (χ2n) is 8.73. The van der Waals surface area contributed by atoms with E-state index >= 15 is 0 Å². The van der Waals surface area contributed by atoms with E-state index in [0.717, 1.165) is 5.56 Å². The molecule has 0 saturated carbocycles. The SMILES string of the molecule is CC[C@@H](NC(=O)c1ccc(C(=N)N)cc1)C(C(=O)N1CCC(CC(=O)O)CC1)c1ccccc1. The van der Waals surface area contributed by atoms with Crippen molar-refractivity contribution in [2.75, 3.05) is 13.1 Å². The van der Waals surface area contributed by atoms with Crippen LogP contribution in [0.3, 0.4) is 0 Å². The van der Waals surface area contributed by atoms with E-state index in [2.05, 4.69) is 5.32 Å². The minimum Gasteiger partial charge on any atom is -0.481 e. The molecule has 0 aromatic heterocycles. The Kier molecular flexibility index (Phi) is 8.40. The van der Waals surface area contributed by atoms with Crippen molar-refractivity contribution in [2.24, 2.45) is 11.7 Å². The van der Waals surface area contributed by atoms with Crippen LogP contribution in [0.5, 0.6) is 0 Å². The fraction of sp³-hybridized carbons (Fsp3) is 0.385. The molecule has 34 heavy (non-hydrogen) atoms. The number of likely N-dealkylation sites (tertiary alicyclic amines) is 1. The van der Waals surface area contributed by atoms with E-state index in [-0.39, 0.29) is 30.0 Å². The zero-order valence-corrected chi connectivity index (χ0v) is 19.4. The van der Waals surface area contributed by atoms with Crippen molar-refractivity contribution >= 4 is 23.6 Å². The first kappa shape index (κ1) is 25.0. The van der Waals surface area contributed by atoms with Gasteiger partial charge in [0.05, 0.1) is 5.92 Å². The molecule has 2 aromatic carbocycles. The second kappa shape index (κ2) is 11.4. The van der Waals surface area contributed by atoms with Crippen LogP contribution in [0.2, 0.25) is 0 Å². The highest BCUT2D eigenvalue weighted by Crippen LogP contribution is 2.28. The van der Waals surface area contributed by atoms with E-state index in [4.69, 9.17) is 16.2 Å². The van der Waals surface area contributed by atoms with Gasteiger partial charge < -0.3 is 21.1 Å². The summed E-state index contributed by atoms with van der Waals surface area (Å²) < 4.78 is 0. The van der Waals surface area contributed by atoms with Gasteiger partial charge >= 0.3 is 5.97 Å². The molecule has 2 aromatic rings. The maximum atomic E-state index is 13.7. The summed E-state index contributed by atoms with van der Waals surface area (Å²) >= 11 is 0. The van der Waals surface area contributed by atoms with Crippen LogP contribution in [0.25, 0.3) is 0 Å². The molecule has 1 fully saturated rings. The molecular formula is C26H32N4O4. The average molecular weight is 465 g/mol. The van der Waals surface area contributed by atoms with Crippen molar-refractivity contribution in [3.8, 4) is 0 Å². The zero-order chi connectivity index (χ0) is 24.7. The molecule has 3 rings (SSSR count). The van der Waals surface area contributed by atoms with Crippen LogP contribution in [0.1, 0.15) is 60.0 Å². The quantitative estimate of drug-likeness (QED) is 0.334. The van der Waals surface area contributed by atoms with Crippen LogP contribution in [-0.2, 0) is 9.59 Å². The molecule has 1 heterocycles. The van der Waals surface area contributed by atoms with Crippen LogP contribution in [0.15, 0.2) is 54.6 Å². The van der Waals surface area contributed by atoms with Gasteiger partial charge in [0, 0.05) is 36.7 Å². The number of hydrogen-bond donors (Lipinski definition) is 4. The number of nitrogens with two attached hydrogens (primary N) is 1. The number of amides is 2. The summed E-state index contributed by atoms with van der Waals surface area (Å²) in [6.07, 6.45) is 1.99. The number of benzene rings is 2. The van der Waals surface area contributed by atoms with Crippen molar-refractivity contribution in [3.63, 3.8) is 0 Å². The summed E-state index contributed by atoms with van der Waals surface area (Å²) in [6, 6.07) is 15.5. The number of hydrogen-bond acceptors (Lipinski definition) is 4.